The number of aliphatic imine (C=N–C) groups is 2. The number of aromatic hydroxyl groups is 2. The van der Waals surface area contributed by atoms with E-state index in [1.165, 1.54) is 11.1 Å². The minimum atomic E-state index is -1.08. The van der Waals surface area contributed by atoms with E-state index in [1.807, 2.05) is 0 Å². The molecule has 0 aliphatic rings. The van der Waals surface area contributed by atoms with Gasteiger partial charge in [-0.15, -0.1) is 0 Å². The van der Waals surface area contributed by atoms with Gasteiger partial charge in [-0.05, 0) is 80.3 Å². The molecule has 42 heavy (non-hydrogen) atoms. The average Bonchev–Trinajstić information content (AvgIpc) is 2.88. The van der Waals surface area contributed by atoms with Crippen molar-refractivity contribution >= 4 is 24.4 Å². The molecule has 2 rings (SSSR count). The summed E-state index contributed by atoms with van der Waals surface area (Å²) in [5.74, 6) is -1.44. The van der Waals surface area contributed by atoms with Crippen LogP contribution in [0.25, 0.3) is 0 Å². The second-order valence-electron chi connectivity index (χ2n) is 9.79. The van der Waals surface area contributed by atoms with Crippen molar-refractivity contribution in [2.24, 2.45) is 9.98 Å². The first-order valence-corrected chi connectivity index (χ1v) is 14.5. The number of phenols is 2. The summed E-state index contributed by atoms with van der Waals surface area (Å²) < 4.78 is 0. The van der Waals surface area contributed by atoms with Crippen LogP contribution in [0.5, 0.6) is 11.5 Å². The fourth-order valence-electron chi connectivity index (χ4n) is 4.14. The van der Waals surface area contributed by atoms with Crippen LogP contribution in [0, 0.1) is 0 Å². The minimum absolute atomic E-state index is 0. The zero-order valence-electron chi connectivity index (χ0n) is 26.0. The predicted molar refractivity (Wildman–Crippen MR) is 163 cm³/mol. The number of carboxylic acids is 2. The molecule has 0 heterocycles. The predicted octanol–water partition coefficient (Wildman–Crippen LogP) is 4.35. The monoisotopic (exact) mass is 627 g/mol. The number of aryl methyl sites for hydroxylation is 4. The number of carbonyl (C=O) groups is 2. The number of benzene rings is 2. The first-order valence-electron chi connectivity index (χ1n) is 14.5. The molecule has 0 aliphatic heterocycles. The minimum Gasteiger partial charge on any atom is -0.550 e. The van der Waals surface area contributed by atoms with E-state index in [0.29, 0.717) is 24.6 Å². The SMILES string of the molecule is CC(=O)[O-].CC(=O)[O-].CCCc1cc(C=NCCCN=Cc2cc(CCC)cc(CCC)c2O)c(O)c(CCC)c1.[Co+2]. The van der Waals surface area contributed by atoms with E-state index in [4.69, 9.17) is 19.8 Å². The quantitative estimate of drug-likeness (QED) is 0.235. The molecular formula is C33H48CoN2O6. The molecule has 0 saturated heterocycles. The number of nitrogens with zero attached hydrogens (tertiary/aromatic N) is 2. The summed E-state index contributed by atoms with van der Waals surface area (Å²) in [4.78, 5) is 26.8. The summed E-state index contributed by atoms with van der Waals surface area (Å²) in [5.41, 5.74) is 6.18. The Morgan fingerprint density at radius 1 is 0.667 bits per heavy atom. The van der Waals surface area contributed by atoms with E-state index < -0.39 is 11.9 Å². The van der Waals surface area contributed by atoms with Crippen LogP contribution in [0.2, 0.25) is 0 Å². The first kappa shape index (κ1) is 41.0. The molecule has 0 aromatic heterocycles. The van der Waals surface area contributed by atoms with E-state index in [9.17, 15) is 10.2 Å². The smallest absolute Gasteiger partial charge is 0.550 e. The van der Waals surface area contributed by atoms with E-state index in [1.54, 1.807) is 12.4 Å². The van der Waals surface area contributed by atoms with Crippen molar-refractivity contribution < 1.29 is 46.8 Å². The summed E-state index contributed by atoms with van der Waals surface area (Å²) in [6, 6.07) is 8.37. The molecule has 0 fully saturated rings. The molecule has 2 aromatic rings. The van der Waals surface area contributed by atoms with E-state index in [2.05, 4.69) is 61.9 Å². The molecule has 2 N–H and O–H groups in total. The standard InChI is InChI=1S/C29H42N2O2.2C2H4O2.Co/c1-5-10-22-16-24(12-7-3)28(32)26(18-22)20-30-14-9-15-31-21-27-19-23(11-6-2)17-25(13-8-4)29(27)33;2*1-2(3)4;/h16-21,32-33H,5-15H2,1-4H3;2*1H3,(H,3,4);/q;;;+2/p-2. The molecule has 0 saturated carbocycles. The molecule has 0 atom stereocenters. The Morgan fingerprint density at radius 3 is 1.26 bits per heavy atom. The van der Waals surface area contributed by atoms with Crippen LogP contribution in [0.3, 0.4) is 0 Å². The van der Waals surface area contributed by atoms with E-state index >= 15 is 0 Å². The molecule has 1 radical (unpaired) electrons. The van der Waals surface area contributed by atoms with Gasteiger partial charge in [0.05, 0.1) is 0 Å². The van der Waals surface area contributed by atoms with Crippen LogP contribution >= 0.6 is 0 Å². The maximum atomic E-state index is 10.6. The Labute approximate surface area is 262 Å². The van der Waals surface area contributed by atoms with Crippen LogP contribution in [0.4, 0.5) is 0 Å². The van der Waals surface area contributed by atoms with Crippen molar-refractivity contribution in [1.29, 1.82) is 0 Å². The number of rotatable bonds is 14. The average molecular weight is 628 g/mol. The van der Waals surface area contributed by atoms with E-state index in [-0.39, 0.29) is 16.8 Å². The van der Waals surface area contributed by atoms with Crippen LogP contribution in [0.15, 0.2) is 34.3 Å². The van der Waals surface area contributed by atoms with Gasteiger partial charge >= 0.3 is 16.8 Å². The Morgan fingerprint density at radius 2 is 0.976 bits per heavy atom. The van der Waals surface area contributed by atoms with Gasteiger partial charge in [-0.2, -0.15) is 0 Å². The number of aliphatic carboxylic acids is 2. The van der Waals surface area contributed by atoms with Gasteiger partial charge in [0, 0.05) is 48.6 Å². The van der Waals surface area contributed by atoms with Crippen molar-refractivity contribution in [3.05, 3.63) is 57.6 Å². The van der Waals surface area contributed by atoms with Crippen LogP contribution in [0.1, 0.15) is 107 Å². The Balaban J connectivity index is 0. The zero-order chi connectivity index (χ0) is 31.2. The van der Waals surface area contributed by atoms with Crippen LogP contribution in [-0.2, 0) is 52.1 Å². The summed E-state index contributed by atoms with van der Waals surface area (Å²) >= 11 is 0. The van der Waals surface area contributed by atoms with Gasteiger partial charge in [0.2, 0.25) is 0 Å². The fraction of sp³-hybridized carbons (Fsp3) is 0.515. The molecule has 9 heteroatoms. The van der Waals surface area contributed by atoms with Crippen LogP contribution < -0.4 is 10.2 Å². The normalized spacial score (nSPS) is 10.4. The summed E-state index contributed by atoms with van der Waals surface area (Å²) in [5, 5.41) is 39.0. The van der Waals surface area contributed by atoms with Crippen molar-refractivity contribution in [1.82, 2.24) is 0 Å². The number of phenolic OH excluding ortho intramolecular Hbond substituents is 2. The molecule has 0 aliphatic carbocycles. The van der Waals surface area contributed by atoms with Gasteiger partial charge in [-0.3, -0.25) is 9.98 Å². The first-order chi connectivity index (χ1) is 19.5. The molecule has 0 bridgehead atoms. The summed E-state index contributed by atoms with van der Waals surface area (Å²) in [7, 11) is 0. The number of hydrogen-bond acceptors (Lipinski definition) is 8. The van der Waals surface area contributed by atoms with Gasteiger partial charge in [0.25, 0.3) is 0 Å². The molecule has 0 unspecified atom stereocenters. The third-order valence-corrected chi connectivity index (χ3v) is 5.71. The Kier molecular flexibility index (Phi) is 23.8. The van der Waals surface area contributed by atoms with Crippen molar-refractivity contribution in [2.45, 2.75) is 99.3 Å². The van der Waals surface area contributed by atoms with E-state index in [0.717, 1.165) is 93.9 Å². The number of carboxylic acid groups (broad SMARTS) is 2. The third kappa shape index (κ3) is 18.3. The van der Waals surface area contributed by atoms with Gasteiger partial charge in [0.15, 0.2) is 0 Å². The molecule has 0 spiro atoms. The molecular weight excluding hydrogens is 579 g/mol. The fourth-order valence-corrected chi connectivity index (χ4v) is 4.14. The third-order valence-electron chi connectivity index (χ3n) is 5.71. The van der Waals surface area contributed by atoms with Crippen molar-refractivity contribution in [3.63, 3.8) is 0 Å². The maximum absolute atomic E-state index is 10.6. The molecule has 235 valence electrons. The van der Waals surface area contributed by atoms with Crippen molar-refractivity contribution in [2.75, 3.05) is 13.1 Å². The summed E-state index contributed by atoms with van der Waals surface area (Å²) in [6.07, 6.45) is 12.4. The van der Waals surface area contributed by atoms with Gasteiger partial charge in [-0.25, -0.2) is 0 Å². The molecule has 0 amide bonds. The maximum Gasteiger partial charge on any atom is 2.00 e. The second kappa shape index (κ2) is 24.4. The van der Waals surface area contributed by atoms with Gasteiger partial charge in [0.1, 0.15) is 11.5 Å². The largest absolute Gasteiger partial charge is 2.00 e. The second-order valence-corrected chi connectivity index (χ2v) is 9.79. The Hall–Kier alpha value is -3.17. The van der Waals surface area contributed by atoms with Crippen LogP contribution in [-0.4, -0.2) is 47.7 Å². The van der Waals surface area contributed by atoms with Gasteiger partial charge in [-0.1, -0.05) is 65.5 Å². The Bertz CT molecular complexity index is 1040. The zero-order valence-corrected chi connectivity index (χ0v) is 27.0. The van der Waals surface area contributed by atoms with Crippen molar-refractivity contribution in [3.8, 4) is 11.5 Å². The number of carbonyl (C=O) groups excluding carboxylic acids is 2. The summed E-state index contributed by atoms with van der Waals surface area (Å²) in [6.45, 7) is 11.9. The topological polar surface area (TPSA) is 145 Å². The molecule has 2 aromatic carbocycles. The van der Waals surface area contributed by atoms with Gasteiger partial charge < -0.3 is 30.0 Å². The number of hydrogen-bond donors (Lipinski definition) is 2. The molecule has 8 nitrogen and oxygen atoms in total.